The number of nitrogens with two attached hydrogens (primary N) is 1. The van der Waals surface area contributed by atoms with Crippen molar-refractivity contribution in [3.8, 4) is 5.75 Å². The van der Waals surface area contributed by atoms with Gasteiger partial charge in [0, 0.05) is 23.8 Å². The summed E-state index contributed by atoms with van der Waals surface area (Å²) in [5, 5.41) is 5.65. The number of thiazole rings is 1. The van der Waals surface area contributed by atoms with Crippen molar-refractivity contribution < 1.29 is 17.9 Å². The summed E-state index contributed by atoms with van der Waals surface area (Å²) in [5.74, 6) is -0.359. The first kappa shape index (κ1) is 23.5. The van der Waals surface area contributed by atoms with Crippen LogP contribution in [0.5, 0.6) is 5.75 Å². The minimum Gasteiger partial charge on any atom is -0.404 e. The van der Waals surface area contributed by atoms with Gasteiger partial charge in [0.15, 0.2) is 11.7 Å². The second kappa shape index (κ2) is 9.58. The molecule has 1 aromatic carbocycles. The lowest BCUT2D eigenvalue weighted by molar-refractivity contribution is -0.274. The zero-order valence-electron chi connectivity index (χ0n) is 15.1. The molecule has 2 rings (SSSR count). The highest BCUT2D eigenvalue weighted by molar-refractivity contribution is 14.0. The van der Waals surface area contributed by atoms with Gasteiger partial charge in [-0.25, -0.2) is 4.98 Å². The molecule has 0 spiro atoms. The molecule has 0 saturated heterocycles. The number of aromatic nitrogens is 1. The van der Waals surface area contributed by atoms with Crippen molar-refractivity contribution in [2.45, 2.75) is 39.0 Å². The van der Waals surface area contributed by atoms with Gasteiger partial charge in [-0.3, -0.25) is 4.99 Å². The Morgan fingerprint density at radius 3 is 2.52 bits per heavy atom. The molecule has 3 N–H and O–H groups in total. The molecular weight excluding hydrogens is 492 g/mol. The molecule has 27 heavy (non-hydrogen) atoms. The van der Waals surface area contributed by atoms with Crippen LogP contribution < -0.4 is 15.8 Å². The van der Waals surface area contributed by atoms with Gasteiger partial charge in [0.2, 0.25) is 0 Å². The number of aliphatic imine (C=N–C) groups is 1. The first-order valence-corrected chi connectivity index (χ1v) is 8.79. The van der Waals surface area contributed by atoms with E-state index >= 15 is 0 Å². The number of para-hydroxylation sites is 2. The average molecular weight is 514 g/mol. The third-order valence-electron chi connectivity index (χ3n) is 3.22. The Hall–Kier alpha value is -1.56. The smallest absolute Gasteiger partial charge is 0.404 e. The summed E-state index contributed by atoms with van der Waals surface area (Å²) < 4.78 is 41.2. The summed E-state index contributed by atoms with van der Waals surface area (Å²) >= 11 is 1.60. The molecular formula is C17H22F3IN4OS. The van der Waals surface area contributed by atoms with Crippen molar-refractivity contribution in [3.05, 3.63) is 40.3 Å². The van der Waals surface area contributed by atoms with Crippen molar-refractivity contribution in [3.63, 3.8) is 0 Å². The highest BCUT2D eigenvalue weighted by Gasteiger charge is 2.32. The lowest BCUT2D eigenvalue weighted by Crippen LogP contribution is -2.25. The van der Waals surface area contributed by atoms with Crippen molar-refractivity contribution >= 4 is 47.0 Å². The highest BCUT2D eigenvalue weighted by Crippen LogP contribution is 2.29. The number of ether oxygens (including phenoxy) is 1. The average Bonchev–Trinajstić information content (AvgIpc) is 2.97. The number of hydrogen-bond donors (Lipinski definition) is 2. The number of guanidine groups is 1. The topological polar surface area (TPSA) is 72.5 Å². The van der Waals surface area contributed by atoms with Crippen molar-refractivity contribution in [2.75, 3.05) is 11.9 Å². The van der Waals surface area contributed by atoms with Gasteiger partial charge in [-0.2, -0.15) is 0 Å². The van der Waals surface area contributed by atoms with Crippen LogP contribution >= 0.6 is 35.3 Å². The molecule has 0 atom stereocenters. The summed E-state index contributed by atoms with van der Waals surface area (Å²) in [6.07, 6.45) is -4.19. The molecule has 150 valence electrons. The predicted molar refractivity (Wildman–Crippen MR) is 113 cm³/mol. The van der Waals surface area contributed by atoms with Gasteiger partial charge in [0.05, 0.1) is 16.4 Å². The normalized spacial score (nSPS) is 12.4. The fourth-order valence-corrected chi connectivity index (χ4v) is 2.96. The van der Waals surface area contributed by atoms with Crippen molar-refractivity contribution in [1.29, 1.82) is 0 Å². The van der Waals surface area contributed by atoms with Crippen LogP contribution in [0, 0.1) is 0 Å². The lowest BCUT2D eigenvalue weighted by atomic mass is 9.98. The predicted octanol–water partition coefficient (Wildman–Crippen LogP) is 4.93. The van der Waals surface area contributed by atoms with Gasteiger partial charge >= 0.3 is 6.36 Å². The molecule has 0 aliphatic rings. The van der Waals surface area contributed by atoms with Crippen LogP contribution in [0.25, 0.3) is 0 Å². The number of hydrogen-bond acceptors (Lipinski definition) is 4. The Morgan fingerprint density at radius 2 is 1.93 bits per heavy atom. The Kier molecular flexibility index (Phi) is 8.33. The largest absolute Gasteiger partial charge is 0.573 e. The van der Waals surface area contributed by atoms with Gasteiger partial charge in [-0.05, 0) is 12.1 Å². The Balaban J connectivity index is 0.00000364. The molecule has 0 amide bonds. The molecule has 10 heteroatoms. The van der Waals surface area contributed by atoms with Crippen LogP contribution in [0.3, 0.4) is 0 Å². The van der Waals surface area contributed by atoms with Crippen LogP contribution in [-0.2, 0) is 11.8 Å². The van der Waals surface area contributed by atoms with Crippen LogP contribution in [0.1, 0.15) is 31.5 Å². The summed E-state index contributed by atoms with van der Waals surface area (Å²) in [7, 11) is 0. The van der Waals surface area contributed by atoms with E-state index in [1.165, 1.54) is 18.2 Å². The number of nitrogens with zero attached hydrogens (tertiary/aromatic N) is 2. The van der Waals surface area contributed by atoms with E-state index in [-0.39, 0.29) is 46.8 Å². The van der Waals surface area contributed by atoms with Gasteiger partial charge < -0.3 is 15.8 Å². The molecule has 0 fully saturated rings. The number of nitrogens with one attached hydrogen (secondary N) is 1. The lowest BCUT2D eigenvalue weighted by Gasteiger charge is -2.14. The summed E-state index contributed by atoms with van der Waals surface area (Å²) in [6.45, 7) is 6.65. The van der Waals surface area contributed by atoms with E-state index in [1.54, 1.807) is 17.4 Å². The zero-order valence-corrected chi connectivity index (χ0v) is 18.3. The number of benzene rings is 1. The van der Waals surface area contributed by atoms with Gasteiger partial charge in [-0.15, -0.1) is 48.5 Å². The molecule has 1 heterocycles. The molecule has 0 saturated carbocycles. The summed E-state index contributed by atoms with van der Waals surface area (Å²) in [5.41, 5.74) is 6.76. The van der Waals surface area contributed by atoms with Crippen LogP contribution in [0.15, 0.2) is 34.6 Å². The highest BCUT2D eigenvalue weighted by atomic mass is 127. The minimum absolute atomic E-state index is 0. The van der Waals surface area contributed by atoms with Crippen LogP contribution in [-0.4, -0.2) is 23.9 Å². The van der Waals surface area contributed by atoms with Crippen molar-refractivity contribution in [2.24, 2.45) is 10.7 Å². The maximum atomic E-state index is 12.4. The first-order chi connectivity index (χ1) is 12.0. The third-order valence-corrected chi connectivity index (χ3v) is 4.54. The summed E-state index contributed by atoms with van der Waals surface area (Å²) in [6, 6.07) is 5.64. The third kappa shape index (κ3) is 7.91. The number of halogens is 4. The SMILES string of the molecule is CC(C)(C)c1nc(CCN=C(N)Nc2ccccc2OC(F)(F)F)cs1.I. The van der Waals surface area contributed by atoms with Crippen LogP contribution in [0.2, 0.25) is 0 Å². The molecule has 0 aliphatic heterocycles. The molecule has 2 aromatic rings. The Morgan fingerprint density at radius 1 is 1.26 bits per heavy atom. The zero-order chi connectivity index (χ0) is 19.4. The van der Waals surface area contributed by atoms with Crippen LogP contribution in [0.4, 0.5) is 18.9 Å². The molecule has 1 aromatic heterocycles. The fourth-order valence-electron chi connectivity index (χ4n) is 2.02. The summed E-state index contributed by atoms with van der Waals surface area (Å²) in [4.78, 5) is 8.69. The molecule has 0 radical (unpaired) electrons. The van der Waals surface area contributed by atoms with E-state index in [9.17, 15) is 13.2 Å². The van der Waals surface area contributed by atoms with E-state index in [0.717, 1.165) is 10.7 Å². The van der Waals surface area contributed by atoms with Gasteiger partial charge in [0.25, 0.3) is 0 Å². The molecule has 0 aliphatic carbocycles. The van der Waals surface area contributed by atoms with E-state index < -0.39 is 6.36 Å². The fraction of sp³-hybridized carbons (Fsp3) is 0.412. The Bertz CT molecular complexity index is 772. The van der Waals surface area contributed by atoms with E-state index in [4.69, 9.17) is 5.73 Å². The Labute approximate surface area is 177 Å². The second-order valence-corrected chi connectivity index (χ2v) is 7.44. The molecule has 0 unspecified atom stereocenters. The van der Waals surface area contributed by atoms with E-state index in [1.807, 2.05) is 5.38 Å². The quantitative estimate of drug-likeness (QED) is 0.338. The monoisotopic (exact) mass is 514 g/mol. The second-order valence-electron chi connectivity index (χ2n) is 6.58. The minimum atomic E-state index is -4.78. The number of anilines is 1. The number of rotatable bonds is 5. The van der Waals surface area contributed by atoms with Gasteiger partial charge in [0.1, 0.15) is 0 Å². The molecule has 0 bridgehead atoms. The maximum Gasteiger partial charge on any atom is 0.573 e. The standard InChI is InChI=1S/C17H21F3N4OS.HI/c1-16(2,3)14-23-11(10-26-14)8-9-22-15(21)24-12-6-4-5-7-13(12)25-17(18,19)20;/h4-7,10H,8-9H2,1-3H3,(H3,21,22,24);1H. The number of alkyl halides is 3. The van der Waals surface area contributed by atoms with E-state index in [2.05, 4.69) is 40.8 Å². The maximum absolute atomic E-state index is 12.4. The van der Waals surface area contributed by atoms with Gasteiger partial charge in [-0.1, -0.05) is 32.9 Å². The van der Waals surface area contributed by atoms with Crippen molar-refractivity contribution in [1.82, 2.24) is 4.98 Å². The molecule has 5 nitrogen and oxygen atoms in total. The van der Waals surface area contributed by atoms with E-state index in [0.29, 0.717) is 13.0 Å². The first-order valence-electron chi connectivity index (χ1n) is 7.91.